The molecule has 0 aliphatic rings. The van der Waals surface area contributed by atoms with Gasteiger partial charge in [-0.3, -0.25) is 9.29 Å². The van der Waals surface area contributed by atoms with E-state index in [1.165, 1.54) is 28.8 Å². The lowest BCUT2D eigenvalue weighted by Gasteiger charge is -2.23. The van der Waals surface area contributed by atoms with Crippen LogP contribution in [0.3, 0.4) is 0 Å². The molecule has 0 saturated carbocycles. The number of benzene rings is 1. The minimum Gasteiger partial charge on any atom is -0.266 e. The Morgan fingerprint density at radius 2 is 1.85 bits per heavy atom. The van der Waals surface area contributed by atoms with Crippen molar-refractivity contribution in [3.8, 4) is 6.07 Å². The number of sulfonamides is 1. The first kappa shape index (κ1) is 14.0. The van der Waals surface area contributed by atoms with Crippen molar-refractivity contribution in [2.45, 2.75) is 11.8 Å². The third-order valence-electron chi connectivity index (χ3n) is 2.81. The van der Waals surface area contributed by atoms with E-state index < -0.39 is 10.0 Å². The van der Waals surface area contributed by atoms with Gasteiger partial charge in [0, 0.05) is 18.9 Å². The Bertz CT molecular complexity index is 737. The average Bonchev–Trinajstić information content (AvgIpc) is 2.48. The van der Waals surface area contributed by atoms with Crippen LogP contribution < -0.4 is 4.31 Å². The highest BCUT2D eigenvalue weighted by Crippen LogP contribution is 2.24. The summed E-state index contributed by atoms with van der Waals surface area (Å²) in [5, 5.41) is 9.06. The third-order valence-corrected chi connectivity index (χ3v) is 4.77. The quantitative estimate of drug-likeness (QED) is 0.863. The van der Waals surface area contributed by atoms with Crippen molar-refractivity contribution in [3.05, 3.63) is 54.4 Å². The van der Waals surface area contributed by atoms with Crippen LogP contribution in [0.15, 0.2) is 53.7 Å². The van der Waals surface area contributed by atoms with Crippen LogP contribution in [-0.4, -0.2) is 19.9 Å². The second kappa shape index (κ2) is 5.72. The first-order valence-corrected chi connectivity index (χ1v) is 7.47. The maximum Gasteiger partial charge on any atom is 0.265 e. The molecule has 0 N–H and O–H groups in total. The van der Waals surface area contributed by atoms with Gasteiger partial charge in [-0.25, -0.2) is 8.42 Å². The van der Waals surface area contributed by atoms with Gasteiger partial charge in [-0.2, -0.15) is 5.26 Å². The Balaban J connectivity index is 2.57. The fraction of sp³-hybridized carbons (Fsp3) is 0.143. The predicted molar refractivity (Wildman–Crippen MR) is 75.6 cm³/mol. The molecule has 6 heteroatoms. The van der Waals surface area contributed by atoms with Gasteiger partial charge in [0.05, 0.1) is 11.3 Å². The van der Waals surface area contributed by atoms with Crippen LogP contribution in [0.5, 0.6) is 0 Å². The first-order valence-electron chi connectivity index (χ1n) is 6.03. The van der Waals surface area contributed by atoms with Crippen molar-refractivity contribution in [3.63, 3.8) is 0 Å². The van der Waals surface area contributed by atoms with E-state index in [1.807, 2.05) is 6.07 Å². The van der Waals surface area contributed by atoms with Gasteiger partial charge < -0.3 is 0 Å². The van der Waals surface area contributed by atoms with Crippen molar-refractivity contribution >= 4 is 15.7 Å². The Labute approximate surface area is 118 Å². The van der Waals surface area contributed by atoms with Gasteiger partial charge in [-0.15, -0.1) is 0 Å². The average molecular weight is 287 g/mol. The summed E-state index contributed by atoms with van der Waals surface area (Å²) in [6.07, 6.45) is 3.06. The van der Waals surface area contributed by atoms with Crippen molar-refractivity contribution in [2.24, 2.45) is 0 Å². The molecule has 0 bridgehead atoms. The topological polar surface area (TPSA) is 74.1 Å². The van der Waals surface area contributed by atoms with E-state index in [-0.39, 0.29) is 17.0 Å². The largest absolute Gasteiger partial charge is 0.266 e. The summed E-state index contributed by atoms with van der Waals surface area (Å²) < 4.78 is 26.7. The van der Waals surface area contributed by atoms with Gasteiger partial charge in [-0.05, 0) is 31.2 Å². The maximum atomic E-state index is 12.7. The number of nitrogens with zero attached hydrogens (tertiary/aromatic N) is 3. The standard InChI is InChI=1S/C14H13N3O2S/c1-2-17(13-7-9-16-10-8-13)20(18,19)14-6-4-3-5-12(14)11-15/h3-10H,2H2,1H3. The zero-order valence-electron chi connectivity index (χ0n) is 10.9. The molecule has 0 radical (unpaired) electrons. The van der Waals surface area contributed by atoms with E-state index in [0.29, 0.717) is 5.69 Å². The van der Waals surface area contributed by atoms with E-state index in [2.05, 4.69) is 4.98 Å². The van der Waals surface area contributed by atoms with E-state index in [9.17, 15) is 8.42 Å². The van der Waals surface area contributed by atoms with E-state index in [0.717, 1.165) is 0 Å². The predicted octanol–water partition coefficient (Wildman–Crippen LogP) is 2.17. The molecule has 0 spiro atoms. The van der Waals surface area contributed by atoms with Crippen molar-refractivity contribution in [1.82, 2.24) is 4.98 Å². The number of hydrogen-bond acceptors (Lipinski definition) is 4. The molecular weight excluding hydrogens is 274 g/mol. The monoisotopic (exact) mass is 287 g/mol. The third kappa shape index (κ3) is 2.49. The van der Waals surface area contributed by atoms with Crippen molar-refractivity contribution in [1.29, 1.82) is 5.26 Å². The highest BCUT2D eigenvalue weighted by atomic mass is 32.2. The van der Waals surface area contributed by atoms with Crippen LogP contribution in [0.4, 0.5) is 5.69 Å². The highest BCUT2D eigenvalue weighted by Gasteiger charge is 2.25. The molecule has 1 heterocycles. The van der Waals surface area contributed by atoms with Gasteiger partial charge >= 0.3 is 0 Å². The summed E-state index contributed by atoms with van der Waals surface area (Å²) in [5.74, 6) is 0. The summed E-state index contributed by atoms with van der Waals surface area (Å²) in [6.45, 7) is 2.01. The van der Waals surface area contributed by atoms with Crippen LogP contribution in [0.2, 0.25) is 0 Å². The van der Waals surface area contributed by atoms with Crippen LogP contribution in [0.25, 0.3) is 0 Å². The van der Waals surface area contributed by atoms with Gasteiger partial charge in [-0.1, -0.05) is 12.1 Å². The lowest BCUT2D eigenvalue weighted by Crippen LogP contribution is -2.31. The molecule has 2 rings (SSSR count). The van der Waals surface area contributed by atoms with Crippen LogP contribution in [0.1, 0.15) is 12.5 Å². The Hall–Kier alpha value is -2.39. The molecule has 5 nitrogen and oxygen atoms in total. The van der Waals surface area contributed by atoms with Crippen LogP contribution in [0, 0.1) is 11.3 Å². The van der Waals surface area contributed by atoms with Crippen molar-refractivity contribution < 1.29 is 8.42 Å². The molecular formula is C14H13N3O2S. The summed E-state index contributed by atoms with van der Waals surface area (Å²) in [5.41, 5.74) is 0.662. The summed E-state index contributed by atoms with van der Waals surface area (Å²) in [7, 11) is -3.76. The van der Waals surface area contributed by atoms with Gasteiger partial charge in [0.15, 0.2) is 0 Å². The number of hydrogen-bond donors (Lipinski definition) is 0. The summed E-state index contributed by atoms with van der Waals surface area (Å²) in [4.78, 5) is 3.89. The zero-order valence-corrected chi connectivity index (χ0v) is 11.7. The normalized spacial score (nSPS) is 10.8. The number of pyridine rings is 1. The number of rotatable bonds is 4. The molecule has 0 fully saturated rings. The van der Waals surface area contributed by atoms with Gasteiger partial charge in [0.1, 0.15) is 11.0 Å². The Kier molecular flexibility index (Phi) is 4.01. The molecule has 0 aliphatic carbocycles. The van der Waals surface area contributed by atoms with Gasteiger partial charge in [0.2, 0.25) is 0 Å². The Morgan fingerprint density at radius 3 is 2.45 bits per heavy atom. The smallest absolute Gasteiger partial charge is 0.265 e. The molecule has 20 heavy (non-hydrogen) atoms. The number of aromatic nitrogens is 1. The fourth-order valence-corrected chi connectivity index (χ4v) is 3.52. The fourth-order valence-electron chi connectivity index (χ4n) is 1.90. The van der Waals surface area contributed by atoms with Crippen LogP contribution >= 0.6 is 0 Å². The molecule has 1 aromatic heterocycles. The molecule has 0 saturated heterocycles. The number of anilines is 1. The highest BCUT2D eigenvalue weighted by molar-refractivity contribution is 7.92. The molecule has 102 valence electrons. The minimum absolute atomic E-state index is 0.0150. The van der Waals surface area contributed by atoms with E-state index >= 15 is 0 Å². The molecule has 1 aromatic carbocycles. The summed E-state index contributed by atoms with van der Waals surface area (Å²) in [6, 6.07) is 11.3. The molecule has 0 amide bonds. The second-order valence-corrected chi connectivity index (χ2v) is 5.81. The molecule has 0 unspecified atom stereocenters. The second-order valence-electron chi connectivity index (χ2n) is 3.98. The summed E-state index contributed by atoms with van der Waals surface area (Å²) >= 11 is 0. The molecule has 2 aromatic rings. The molecule has 0 atom stereocenters. The van der Waals surface area contributed by atoms with Crippen LogP contribution in [-0.2, 0) is 10.0 Å². The Morgan fingerprint density at radius 1 is 1.20 bits per heavy atom. The molecule has 0 aliphatic heterocycles. The van der Waals surface area contributed by atoms with E-state index in [1.54, 1.807) is 31.2 Å². The number of nitriles is 1. The minimum atomic E-state index is -3.76. The first-order chi connectivity index (χ1) is 9.61. The lowest BCUT2D eigenvalue weighted by molar-refractivity contribution is 0.591. The van der Waals surface area contributed by atoms with E-state index in [4.69, 9.17) is 5.26 Å². The zero-order chi connectivity index (χ0) is 14.6. The van der Waals surface area contributed by atoms with Gasteiger partial charge in [0.25, 0.3) is 10.0 Å². The maximum absolute atomic E-state index is 12.7. The van der Waals surface area contributed by atoms with Crippen molar-refractivity contribution in [2.75, 3.05) is 10.8 Å². The SMILES string of the molecule is CCN(c1ccncc1)S(=O)(=O)c1ccccc1C#N. The lowest BCUT2D eigenvalue weighted by atomic mass is 10.2.